The van der Waals surface area contributed by atoms with Crippen LogP contribution in [-0.2, 0) is 4.79 Å². The minimum Gasteiger partial charge on any atom is -0.479 e. The molecule has 2 heterocycles. The Labute approximate surface area is 125 Å². The normalized spacial score (nSPS) is 16.7. The number of H-pyrrole nitrogens is 1. The predicted octanol–water partition coefficient (Wildman–Crippen LogP) is 2.64. The average molecular weight is 306 g/mol. The molecule has 0 spiro atoms. The van der Waals surface area contributed by atoms with Crippen molar-refractivity contribution >= 4 is 34.8 Å². The third-order valence-corrected chi connectivity index (χ3v) is 3.28. The Morgan fingerprint density at radius 3 is 2.90 bits per heavy atom. The highest BCUT2D eigenvalue weighted by molar-refractivity contribution is 6.31. The van der Waals surface area contributed by atoms with Crippen molar-refractivity contribution in [3.8, 4) is 5.75 Å². The topological polar surface area (TPSA) is 83.2 Å². The highest BCUT2D eigenvalue weighted by Gasteiger charge is 2.23. The first kappa shape index (κ1) is 13.5. The van der Waals surface area contributed by atoms with Crippen LogP contribution in [0.1, 0.15) is 17.4 Å². The second-order valence-corrected chi connectivity index (χ2v) is 5.08. The van der Waals surface area contributed by atoms with Crippen LogP contribution in [0, 0.1) is 0 Å². The summed E-state index contributed by atoms with van der Waals surface area (Å²) in [6.07, 6.45) is 0.998. The van der Waals surface area contributed by atoms with Gasteiger partial charge in [-0.25, -0.2) is 0 Å². The number of nitrogens with one attached hydrogen (secondary N) is 3. The first-order chi connectivity index (χ1) is 10.0. The van der Waals surface area contributed by atoms with Gasteiger partial charge in [-0.15, -0.1) is 0 Å². The summed E-state index contributed by atoms with van der Waals surface area (Å²) in [5.41, 5.74) is 1.43. The molecule has 7 heteroatoms. The van der Waals surface area contributed by atoms with E-state index in [2.05, 4.69) is 15.6 Å². The Bertz CT molecular complexity index is 726. The van der Waals surface area contributed by atoms with Crippen molar-refractivity contribution in [1.82, 2.24) is 4.98 Å². The molecule has 3 rings (SSSR count). The number of hydrogen-bond acceptors (Lipinski definition) is 3. The molecule has 1 aromatic heterocycles. The zero-order valence-corrected chi connectivity index (χ0v) is 11.8. The number of rotatable bonds is 2. The number of benzene rings is 1. The Kier molecular flexibility index (Phi) is 3.31. The number of halogens is 1. The molecular formula is C14H12ClN3O3. The summed E-state index contributed by atoms with van der Waals surface area (Å²) in [6, 6.07) is 6.57. The Balaban J connectivity index is 1.80. The highest BCUT2D eigenvalue weighted by Crippen LogP contribution is 2.32. The maximum atomic E-state index is 12.0. The molecule has 0 saturated heterocycles. The molecule has 1 aliphatic heterocycles. The quantitative estimate of drug-likeness (QED) is 0.797. The lowest BCUT2D eigenvalue weighted by atomic mass is 10.2. The van der Waals surface area contributed by atoms with Gasteiger partial charge in [0.2, 0.25) is 0 Å². The van der Waals surface area contributed by atoms with Crippen molar-refractivity contribution in [3.05, 3.63) is 41.2 Å². The third kappa shape index (κ3) is 2.71. The van der Waals surface area contributed by atoms with Crippen molar-refractivity contribution in [3.63, 3.8) is 0 Å². The molecular weight excluding hydrogens is 294 g/mol. The summed E-state index contributed by atoms with van der Waals surface area (Å²) < 4.78 is 5.44. The Hall–Kier alpha value is -2.47. The molecule has 0 bridgehead atoms. The number of hydrogen-bond donors (Lipinski definition) is 3. The first-order valence-electron chi connectivity index (χ1n) is 6.30. The fourth-order valence-electron chi connectivity index (χ4n) is 1.98. The zero-order valence-electron chi connectivity index (χ0n) is 11.1. The second kappa shape index (κ2) is 5.14. The number of amides is 2. The van der Waals surface area contributed by atoms with Gasteiger partial charge < -0.3 is 20.4 Å². The number of fused-ring (bicyclic) bond motifs is 1. The molecule has 0 aliphatic carbocycles. The van der Waals surface area contributed by atoms with E-state index in [4.69, 9.17) is 16.3 Å². The van der Waals surface area contributed by atoms with E-state index in [1.54, 1.807) is 25.1 Å². The summed E-state index contributed by atoms with van der Waals surface area (Å²) in [4.78, 5) is 26.3. The highest BCUT2D eigenvalue weighted by atomic mass is 35.5. The van der Waals surface area contributed by atoms with Crippen molar-refractivity contribution < 1.29 is 14.3 Å². The van der Waals surface area contributed by atoms with E-state index in [0.717, 1.165) is 0 Å². The monoisotopic (exact) mass is 305 g/mol. The van der Waals surface area contributed by atoms with E-state index in [0.29, 0.717) is 27.8 Å². The standard InChI is InChI=1S/C14H12ClN3O3/c1-7-13(19)18-10-5-9(2-3-12(10)21-7)17-14(20)11-4-8(15)6-16-11/h2-7,16H,1H3,(H,17,20)(H,18,19)/t7-/m1/s1. The summed E-state index contributed by atoms with van der Waals surface area (Å²) in [5, 5.41) is 5.89. The van der Waals surface area contributed by atoms with Crippen LogP contribution in [-0.4, -0.2) is 22.9 Å². The molecule has 0 saturated carbocycles. The van der Waals surface area contributed by atoms with Gasteiger partial charge in [-0.3, -0.25) is 9.59 Å². The average Bonchev–Trinajstić information content (AvgIpc) is 2.87. The number of aromatic nitrogens is 1. The summed E-state index contributed by atoms with van der Waals surface area (Å²) in [5.74, 6) is 0.0309. The van der Waals surface area contributed by atoms with Crippen molar-refractivity contribution in [1.29, 1.82) is 0 Å². The second-order valence-electron chi connectivity index (χ2n) is 4.65. The van der Waals surface area contributed by atoms with E-state index in [9.17, 15) is 9.59 Å². The van der Waals surface area contributed by atoms with Crippen LogP contribution in [0.5, 0.6) is 5.75 Å². The smallest absolute Gasteiger partial charge is 0.272 e. The molecule has 0 fully saturated rings. The minimum atomic E-state index is -0.529. The van der Waals surface area contributed by atoms with E-state index in [1.165, 1.54) is 12.3 Å². The number of anilines is 2. The molecule has 0 radical (unpaired) electrons. The first-order valence-corrected chi connectivity index (χ1v) is 6.67. The molecule has 1 aromatic carbocycles. The number of carbonyl (C=O) groups excluding carboxylic acids is 2. The lowest BCUT2D eigenvalue weighted by Gasteiger charge is -2.23. The van der Waals surface area contributed by atoms with Gasteiger partial charge in [0.1, 0.15) is 11.4 Å². The molecule has 1 atom stereocenters. The fraction of sp³-hybridized carbons (Fsp3) is 0.143. The van der Waals surface area contributed by atoms with Gasteiger partial charge in [0.15, 0.2) is 6.10 Å². The third-order valence-electron chi connectivity index (χ3n) is 3.06. The Morgan fingerprint density at radius 1 is 1.38 bits per heavy atom. The van der Waals surface area contributed by atoms with Crippen molar-refractivity contribution in [2.75, 3.05) is 10.6 Å². The van der Waals surface area contributed by atoms with E-state index >= 15 is 0 Å². The molecule has 108 valence electrons. The number of carbonyl (C=O) groups is 2. The Morgan fingerprint density at radius 2 is 2.19 bits per heavy atom. The van der Waals surface area contributed by atoms with Gasteiger partial charge in [0.25, 0.3) is 11.8 Å². The van der Waals surface area contributed by atoms with Gasteiger partial charge in [0, 0.05) is 11.9 Å². The van der Waals surface area contributed by atoms with Crippen LogP contribution >= 0.6 is 11.6 Å². The molecule has 1 aliphatic rings. The van der Waals surface area contributed by atoms with Gasteiger partial charge in [-0.1, -0.05) is 11.6 Å². The molecule has 3 N–H and O–H groups in total. The zero-order chi connectivity index (χ0) is 15.0. The number of aromatic amines is 1. The minimum absolute atomic E-state index is 0.220. The fourth-order valence-corrected chi connectivity index (χ4v) is 2.15. The summed E-state index contributed by atoms with van der Waals surface area (Å²) in [7, 11) is 0. The van der Waals surface area contributed by atoms with Gasteiger partial charge in [-0.05, 0) is 31.2 Å². The van der Waals surface area contributed by atoms with Crippen LogP contribution in [0.2, 0.25) is 5.02 Å². The van der Waals surface area contributed by atoms with Gasteiger partial charge in [0.05, 0.1) is 10.7 Å². The maximum absolute atomic E-state index is 12.0. The number of ether oxygens (including phenoxy) is 1. The molecule has 0 unspecified atom stereocenters. The van der Waals surface area contributed by atoms with Crippen molar-refractivity contribution in [2.45, 2.75) is 13.0 Å². The van der Waals surface area contributed by atoms with Crippen LogP contribution in [0.25, 0.3) is 0 Å². The van der Waals surface area contributed by atoms with Crippen LogP contribution in [0.3, 0.4) is 0 Å². The van der Waals surface area contributed by atoms with Crippen LogP contribution in [0.15, 0.2) is 30.5 Å². The summed E-state index contributed by atoms with van der Waals surface area (Å²) >= 11 is 5.76. The van der Waals surface area contributed by atoms with Crippen LogP contribution < -0.4 is 15.4 Å². The lowest BCUT2D eigenvalue weighted by Crippen LogP contribution is -2.34. The van der Waals surface area contributed by atoms with Crippen LogP contribution in [0.4, 0.5) is 11.4 Å². The van der Waals surface area contributed by atoms with E-state index < -0.39 is 6.10 Å². The molecule has 21 heavy (non-hydrogen) atoms. The lowest BCUT2D eigenvalue weighted by molar-refractivity contribution is -0.122. The largest absolute Gasteiger partial charge is 0.479 e. The summed E-state index contributed by atoms with van der Waals surface area (Å²) in [6.45, 7) is 1.67. The maximum Gasteiger partial charge on any atom is 0.272 e. The molecule has 2 amide bonds. The SMILES string of the molecule is C[C@H]1Oc2ccc(NC(=O)c3cc(Cl)c[nH]3)cc2NC1=O. The van der Waals surface area contributed by atoms with Gasteiger partial charge in [-0.2, -0.15) is 0 Å². The molecule has 2 aromatic rings. The van der Waals surface area contributed by atoms with E-state index in [1.807, 2.05) is 0 Å². The van der Waals surface area contributed by atoms with E-state index in [-0.39, 0.29) is 11.8 Å². The molecule has 6 nitrogen and oxygen atoms in total. The van der Waals surface area contributed by atoms with Crippen molar-refractivity contribution in [2.24, 2.45) is 0 Å². The van der Waals surface area contributed by atoms with Gasteiger partial charge >= 0.3 is 0 Å². The predicted molar refractivity (Wildman–Crippen MR) is 78.9 cm³/mol.